The molecule has 2 aliphatic heterocycles. The predicted octanol–water partition coefficient (Wildman–Crippen LogP) is 5.09. The molecule has 0 aliphatic carbocycles. The SMILES string of the molecule is COC(=O)N1CCCC(C(=O)Nc2cc(-c3nc(NC(C)C4CCOCC4)ccc3Cl)c(Cl)cn2)C1. The number of piperidine rings is 1. The number of hydrogen-bond donors (Lipinski definition) is 2. The van der Waals surface area contributed by atoms with Gasteiger partial charge in [0, 0.05) is 44.1 Å². The second-order valence-electron chi connectivity index (χ2n) is 9.20. The fourth-order valence-electron chi connectivity index (χ4n) is 4.68. The van der Waals surface area contributed by atoms with Crippen LogP contribution in [0.4, 0.5) is 16.4 Å². The third kappa shape index (κ3) is 6.38. The van der Waals surface area contributed by atoms with E-state index in [0.717, 1.165) is 32.5 Å². The number of nitrogens with zero attached hydrogens (tertiary/aromatic N) is 3. The second kappa shape index (κ2) is 12.1. The van der Waals surface area contributed by atoms with Crippen molar-refractivity contribution in [2.24, 2.45) is 11.8 Å². The number of amides is 2. The standard InChI is InChI=1S/C25H31Cl2N5O4/c1-15(16-7-10-36-11-8-16)29-21-6-5-19(26)23(30-21)18-12-22(28-13-20(18)27)31-24(33)17-4-3-9-32(14-17)25(34)35-2/h5-6,12-13,15-17H,3-4,7-11,14H2,1-2H3,(H,29,30)(H,28,31,33). The molecule has 2 aromatic heterocycles. The van der Waals surface area contributed by atoms with Crippen molar-refractivity contribution in [2.75, 3.05) is 44.0 Å². The van der Waals surface area contributed by atoms with E-state index in [-0.39, 0.29) is 17.9 Å². The van der Waals surface area contributed by atoms with Crippen LogP contribution in [-0.2, 0) is 14.3 Å². The number of carbonyl (C=O) groups excluding carboxylic acids is 2. The van der Waals surface area contributed by atoms with Crippen molar-refractivity contribution < 1.29 is 19.1 Å². The predicted molar refractivity (Wildman–Crippen MR) is 139 cm³/mol. The van der Waals surface area contributed by atoms with Crippen LogP contribution in [0.25, 0.3) is 11.3 Å². The summed E-state index contributed by atoms with van der Waals surface area (Å²) in [6.07, 6.45) is 4.44. The van der Waals surface area contributed by atoms with Crippen LogP contribution in [0.3, 0.4) is 0 Å². The smallest absolute Gasteiger partial charge is 0.409 e. The minimum Gasteiger partial charge on any atom is -0.453 e. The molecule has 0 bridgehead atoms. The molecule has 2 atom stereocenters. The molecule has 11 heteroatoms. The van der Waals surface area contributed by atoms with Crippen LogP contribution in [0.1, 0.15) is 32.6 Å². The minimum atomic E-state index is -0.431. The minimum absolute atomic E-state index is 0.218. The number of rotatable bonds is 6. The summed E-state index contributed by atoms with van der Waals surface area (Å²) in [5, 5.41) is 7.13. The second-order valence-corrected chi connectivity index (χ2v) is 10.0. The first kappa shape index (κ1) is 26.4. The molecular weight excluding hydrogens is 505 g/mol. The lowest BCUT2D eigenvalue weighted by molar-refractivity contribution is -0.121. The lowest BCUT2D eigenvalue weighted by Crippen LogP contribution is -2.43. The molecule has 2 amide bonds. The quantitative estimate of drug-likeness (QED) is 0.530. The Kier molecular flexibility index (Phi) is 8.87. The Morgan fingerprint density at radius 2 is 1.94 bits per heavy atom. The lowest BCUT2D eigenvalue weighted by Gasteiger charge is -2.30. The largest absolute Gasteiger partial charge is 0.453 e. The van der Waals surface area contributed by atoms with Crippen LogP contribution < -0.4 is 10.6 Å². The monoisotopic (exact) mass is 535 g/mol. The van der Waals surface area contributed by atoms with Crippen LogP contribution in [0.15, 0.2) is 24.4 Å². The summed E-state index contributed by atoms with van der Waals surface area (Å²) >= 11 is 13.0. The van der Waals surface area contributed by atoms with Crippen molar-refractivity contribution in [3.05, 3.63) is 34.4 Å². The molecule has 2 saturated heterocycles. The topological polar surface area (TPSA) is 106 Å². The van der Waals surface area contributed by atoms with Gasteiger partial charge in [0.25, 0.3) is 0 Å². The van der Waals surface area contributed by atoms with Gasteiger partial charge in [0.2, 0.25) is 5.91 Å². The number of methoxy groups -OCH3 is 1. The number of ether oxygens (including phenoxy) is 2. The fraction of sp³-hybridized carbons (Fsp3) is 0.520. The zero-order valence-electron chi connectivity index (χ0n) is 20.4. The first-order chi connectivity index (χ1) is 17.4. The van der Waals surface area contributed by atoms with Gasteiger partial charge in [0.1, 0.15) is 11.6 Å². The molecule has 0 radical (unpaired) electrons. The third-order valence-electron chi connectivity index (χ3n) is 6.78. The Morgan fingerprint density at radius 3 is 2.69 bits per heavy atom. The Hall–Kier alpha value is -2.62. The molecule has 194 valence electrons. The molecule has 4 rings (SSSR count). The van der Waals surface area contributed by atoms with Gasteiger partial charge < -0.3 is 25.0 Å². The van der Waals surface area contributed by atoms with E-state index in [1.165, 1.54) is 18.2 Å². The van der Waals surface area contributed by atoms with Crippen LogP contribution in [-0.4, -0.2) is 66.3 Å². The van der Waals surface area contributed by atoms with Crippen molar-refractivity contribution in [3.8, 4) is 11.3 Å². The van der Waals surface area contributed by atoms with E-state index in [4.69, 9.17) is 37.7 Å². The number of aromatic nitrogens is 2. The van der Waals surface area contributed by atoms with E-state index in [1.807, 2.05) is 6.07 Å². The number of hydrogen-bond acceptors (Lipinski definition) is 7. The molecule has 0 spiro atoms. The van der Waals surface area contributed by atoms with E-state index in [2.05, 4.69) is 22.5 Å². The van der Waals surface area contributed by atoms with Crippen LogP contribution >= 0.6 is 23.2 Å². The average molecular weight is 536 g/mol. The normalized spacial score (nSPS) is 19.4. The molecule has 9 nitrogen and oxygen atoms in total. The van der Waals surface area contributed by atoms with Gasteiger partial charge >= 0.3 is 6.09 Å². The highest BCUT2D eigenvalue weighted by Gasteiger charge is 2.29. The number of anilines is 2. The highest BCUT2D eigenvalue weighted by Crippen LogP contribution is 2.34. The summed E-state index contributed by atoms with van der Waals surface area (Å²) in [4.78, 5) is 35.3. The maximum absolute atomic E-state index is 12.9. The highest BCUT2D eigenvalue weighted by molar-refractivity contribution is 6.36. The third-order valence-corrected chi connectivity index (χ3v) is 7.39. The summed E-state index contributed by atoms with van der Waals surface area (Å²) < 4.78 is 10.3. The lowest BCUT2D eigenvalue weighted by atomic mass is 9.93. The average Bonchev–Trinajstić information content (AvgIpc) is 2.91. The summed E-state index contributed by atoms with van der Waals surface area (Å²) in [7, 11) is 1.33. The molecule has 2 unspecified atom stereocenters. The Bertz CT molecular complexity index is 1100. The summed E-state index contributed by atoms with van der Waals surface area (Å²) in [6, 6.07) is 5.51. The number of carbonyl (C=O) groups is 2. The van der Waals surface area contributed by atoms with Gasteiger partial charge in [-0.25, -0.2) is 14.8 Å². The number of pyridine rings is 2. The Balaban J connectivity index is 1.49. The first-order valence-corrected chi connectivity index (χ1v) is 12.9. The van der Waals surface area contributed by atoms with Gasteiger partial charge in [-0.15, -0.1) is 0 Å². The van der Waals surface area contributed by atoms with Crippen LogP contribution in [0.5, 0.6) is 0 Å². The maximum Gasteiger partial charge on any atom is 0.409 e. The Morgan fingerprint density at radius 1 is 1.17 bits per heavy atom. The van der Waals surface area contributed by atoms with Crippen molar-refractivity contribution in [2.45, 2.75) is 38.6 Å². The van der Waals surface area contributed by atoms with Gasteiger partial charge in [-0.05, 0) is 56.7 Å². The number of halogens is 2. The highest BCUT2D eigenvalue weighted by atomic mass is 35.5. The summed E-state index contributed by atoms with van der Waals surface area (Å²) in [6.45, 7) is 4.57. The van der Waals surface area contributed by atoms with Crippen molar-refractivity contribution >= 4 is 46.8 Å². The number of likely N-dealkylation sites (tertiary alicyclic amines) is 1. The molecule has 2 fully saturated rings. The molecule has 0 aromatic carbocycles. The molecule has 0 saturated carbocycles. The maximum atomic E-state index is 12.9. The zero-order valence-corrected chi connectivity index (χ0v) is 21.9. The zero-order chi connectivity index (χ0) is 25.7. The van der Waals surface area contributed by atoms with E-state index in [0.29, 0.717) is 58.4 Å². The van der Waals surface area contributed by atoms with Crippen molar-refractivity contribution in [1.82, 2.24) is 14.9 Å². The van der Waals surface area contributed by atoms with Crippen LogP contribution in [0.2, 0.25) is 10.0 Å². The van der Waals surface area contributed by atoms with Gasteiger partial charge in [-0.3, -0.25) is 4.79 Å². The van der Waals surface area contributed by atoms with Gasteiger partial charge in [0.15, 0.2) is 0 Å². The van der Waals surface area contributed by atoms with Gasteiger partial charge in [-0.1, -0.05) is 23.2 Å². The van der Waals surface area contributed by atoms with E-state index < -0.39 is 6.09 Å². The van der Waals surface area contributed by atoms with E-state index >= 15 is 0 Å². The molecule has 2 N–H and O–H groups in total. The van der Waals surface area contributed by atoms with Crippen molar-refractivity contribution in [1.29, 1.82) is 0 Å². The Labute approximate surface area is 220 Å². The van der Waals surface area contributed by atoms with Crippen molar-refractivity contribution in [3.63, 3.8) is 0 Å². The molecular formula is C25H31Cl2N5O4. The summed E-state index contributed by atoms with van der Waals surface area (Å²) in [5.41, 5.74) is 1.06. The van der Waals surface area contributed by atoms with E-state index in [9.17, 15) is 9.59 Å². The summed E-state index contributed by atoms with van der Waals surface area (Å²) in [5.74, 6) is 0.947. The number of nitrogens with one attached hydrogen (secondary N) is 2. The molecule has 36 heavy (non-hydrogen) atoms. The van der Waals surface area contributed by atoms with E-state index in [1.54, 1.807) is 12.1 Å². The molecule has 4 heterocycles. The van der Waals surface area contributed by atoms with Gasteiger partial charge in [0.05, 0.1) is 28.8 Å². The molecule has 2 aromatic rings. The van der Waals surface area contributed by atoms with Crippen LogP contribution in [0, 0.1) is 11.8 Å². The van der Waals surface area contributed by atoms with Gasteiger partial charge in [-0.2, -0.15) is 0 Å². The molecule has 2 aliphatic rings. The fourth-order valence-corrected chi connectivity index (χ4v) is 5.08. The first-order valence-electron chi connectivity index (χ1n) is 12.2.